The molecule has 1 aliphatic heterocycles. The molecule has 0 aliphatic carbocycles. The second kappa shape index (κ2) is 14.3. The Balaban J connectivity index is 0.000000702. The van der Waals surface area contributed by atoms with Gasteiger partial charge >= 0.3 is 20.8 Å². The van der Waals surface area contributed by atoms with Gasteiger partial charge in [0.05, 0.1) is 12.3 Å². The summed E-state index contributed by atoms with van der Waals surface area (Å²) in [4.78, 5) is 4.87. The fraction of sp³-hybridized carbons (Fsp3) is 0.529. The van der Waals surface area contributed by atoms with Crippen LogP contribution in [-0.4, -0.2) is 79.3 Å². The van der Waals surface area contributed by atoms with Crippen molar-refractivity contribution in [3.8, 4) is 5.75 Å². The van der Waals surface area contributed by atoms with E-state index < -0.39 is 20.8 Å². The highest BCUT2D eigenvalue weighted by Crippen LogP contribution is 2.29. The Bertz CT molecular complexity index is 775. The number of para-hydroxylation sites is 2. The van der Waals surface area contributed by atoms with Crippen LogP contribution in [0.3, 0.4) is 0 Å². The Morgan fingerprint density at radius 3 is 1.97 bits per heavy atom. The van der Waals surface area contributed by atoms with E-state index in [9.17, 15) is 0 Å². The van der Waals surface area contributed by atoms with Crippen molar-refractivity contribution in [1.82, 2.24) is 4.90 Å². The molecule has 30 heavy (non-hydrogen) atoms. The number of rotatable bonds is 7. The summed E-state index contributed by atoms with van der Waals surface area (Å²) in [6.07, 6.45) is 4.27. The van der Waals surface area contributed by atoms with Crippen LogP contribution in [0, 0.1) is 0 Å². The third-order valence-corrected chi connectivity index (χ3v) is 3.72. The first-order valence-electron chi connectivity index (χ1n) is 9.05. The molecule has 0 atom stereocenters. The Hall–Kier alpha value is -1.74. The van der Waals surface area contributed by atoms with Crippen molar-refractivity contribution in [3.63, 3.8) is 0 Å². The summed E-state index contributed by atoms with van der Waals surface area (Å²) < 4.78 is 69.1. The molecule has 1 aromatic carbocycles. The predicted molar refractivity (Wildman–Crippen MR) is 114 cm³/mol. The maximum Gasteiger partial charge on any atom is 0.394 e. The van der Waals surface area contributed by atoms with Crippen LogP contribution in [-0.2, 0) is 20.8 Å². The van der Waals surface area contributed by atoms with E-state index in [-0.39, 0.29) is 0 Å². The van der Waals surface area contributed by atoms with Gasteiger partial charge in [0.15, 0.2) is 0 Å². The van der Waals surface area contributed by atoms with Gasteiger partial charge < -0.3 is 9.64 Å². The smallest absolute Gasteiger partial charge is 0.394 e. The zero-order valence-electron chi connectivity index (χ0n) is 16.8. The van der Waals surface area contributed by atoms with Crippen LogP contribution in [0.15, 0.2) is 36.9 Å². The van der Waals surface area contributed by atoms with Crippen molar-refractivity contribution in [1.29, 1.82) is 0 Å². The topological polar surface area (TPSA) is 165 Å². The average molecular weight is 471 g/mol. The van der Waals surface area contributed by atoms with E-state index in [4.69, 9.17) is 39.8 Å². The fourth-order valence-corrected chi connectivity index (χ4v) is 2.52. The summed E-state index contributed by atoms with van der Waals surface area (Å²) >= 11 is 0. The first kappa shape index (κ1) is 28.3. The normalized spacial score (nSPS) is 14.6. The molecule has 0 radical (unpaired) electrons. The molecule has 11 nitrogen and oxygen atoms in total. The van der Waals surface area contributed by atoms with Crippen LogP contribution in [0.2, 0.25) is 0 Å². The molecular formula is C17H30N2O9S2. The molecule has 0 spiro atoms. The number of unbranched alkanes of at least 4 members (excludes halogenated alkanes) is 1. The highest BCUT2D eigenvalue weighted by molar-refractivity contribution is 7.80. The van der Waals surface area contributed by atoms with Crippen molar-refractivity contribution in [3.05, 3.63) is 36.9 Å². The number of hydrogen-bond donors (Lipinski definition) is 4. The third kappa shape index (κ3) is 17.1. The zero-order chi connectivity index (χ0) is 23.2. The third-order valence-electron chi connectivity index (χ3n) is 3.72. The minimum Gasteiger partial charge on any atom is -0.491 e. The second-order valence-electron chi connectivity index (χ2n) is 6.14. The zero-order valence-corrected chi connectivity index (χ0v) is 18.4. The summed E-state index contributed by atoms with van der Waals surface area (Å²) in [6, 6.07) is 8.41. The van der Waals surface area contributed by atoms with Gasteiger partial charge in [0.2, 0.25) is 0 Å². The molecule has 1 saturated heterocycles. The van der Waals surface area contributed by atoms with E-state index >= 15 is 0 Å². The number of anilines is 1. The Morgan fingerprint density at radius 2 is 1.50 bits per heavy atom. The van der Waals surface area contributed by atoms with E-state index in [1.807, 2.05) is 6.08 Å². The van der Waals surface area contributed by atoms with Gasteiger partial charge in [0.25, 0.3) is 0 Å². The maximum atomic E-state index is 8.74. The standard InChI is InChI=1S/C17H26N2O.2H2O4S/c1-3-5-15-20-17-9-7-6-8-16(17)19-13-11-18(10-4-2)12-14-19;2*1-5(2,3)4/h4,6-9H,2-3,5,10-15H2,1H3;2*(H2,1,2,3,4). The molecule has 0 aromatic heterocycles. The van der Waals surface area contributed by atoms with Gasteiger partial charge in [-0.05, 0) is 18.6 Å². The first-order valence-corrected chi connectivity index (χ1v) is 11.8. The fourth-order valence-electron chi connectivity index (χ4n) is 2.52. The Kier molecular flexibility index (Phi) is 13.5. The number of benzene rings is 1. The lowest BCUT2D eigenvalue weighted by molar-refractivity contribution is 0.279. The Labute approximate surface area is 178 Å². The molecule has 1 fully saturated rings. The molecule has 0 saturated carbocycles. The highest BCUT2D eigenvalue weighted by atomic mass is 32.3. The molecule has 2 rings (SSSR count). The minimum atomic E-state index is -4.67. The number of hydrogen-bond acceptors (Lipinski definition) is 7. The van der Waals surface area contributed by atoms with E-state index in [1.165, 1.54) is 12.1 Å². The van der Waals surface area contributed by atoms with Crippen molar-refractivity contribution in [2.75, 3.05) is 44.2 Å². The van der Waals surface area contributed by atoms with Crippen molar-refractivity contribution in [2.45, 2.75) is 19.8 Å². The summed E-state index contributed by atoms with van der Waals surface area (Å²) in [5.74, 6) is 1.03. The number of ether oxygens (including phenoxy) is 1. The van der Waals surface area contributed by atoms with Crippen molar-refractivity contribution >= 4 is 26.5 Å². The lowest BCUT2D eigenvalue weighted by Gasteiger charge is -2.36. The van der Waals surface area contributed by atoms with Gasteiger partial charge in [-0.3, -0.25) is 23.1 Å². The van der Waals surface area contributed by atoms with Crippen LogP contribution >= 0.6 is 0 Å². The van der Waals surface area contributed by atoms with Crippen molar-refractivity contribution < 1.29 is 39.8 Å². The highest BCUT2D eigenvalue weighted by Gasteiger charge is 2.18. The summed E-state index contributed by atoms with van der Waals surface area (Å²) in [5, 5.41) is 0. The first-order chi connectivity index (χ1) is 13.8. The predicted octanol–water partition coefficient (Wildman–Crippen LogP) is 1.87. The Morgan fingerprint density at radius 1 is 1.00 bits per heavy atom. The van der Waals surface area contributed by atoms with E-state index in [1.54, 1.807) is 0 Å². The van der Waals surface area contributed by atoms with Gasteiger partial charge in [0.1, 0.15) is 5.75 Å². The molecular weight excluding hydrogens is 440 g/mol. The van der Waals surface area contributed by atoms with Crippen LogP contribution in [0.25, 0.3) is 0 Å². The number of nitrogens with zero attached hydrogens (tertiary/aromatic N) is 2. The van der Waals surface area contributed by atoms with Gasteiger partial charge in [-0.25, -0.2) is 0 Å². The maximum absolute atomic E-state index is 8.74. The molecule has 0 amide bonds. The molecule has 0 unspecified atom stereocenters. The molecule has 0 bridgehead atoms. The average Bonchev–Trinajstić information content (AvgIpc) is 2.61. The van der Waals surface area contributed by atoms with Crippen LogP contribution < -0.4 is 9.64 Å². The molecule has 174 valence electrons. The van der Waals surface area contributed by atoms with Crippen molar-refractivity contribution in [2.24, 2.45) is 0 Å². The second-order valence-corrected chi connectivity index (χ2v) is 7.93. The summed E-state index contributed by atoms with van der Waals surface area (Å²) in [7, 11) is -9.33. The van der Waals surface area contributed by atoms with Gasteiger partial charge in [-0.15, -0.1) is 6.58 Å². The molecule has 1 heterocycles. The van der Waals surface area contributed by atoms with Crippen LogP contribution in [0.4, 0.5) is 5.69 Å². The number of piperazine rings is 1. The van der Waals surface area contributed by atoms with Crippen LogP contribution in [0.5, 0.6) is 5.75 Å². The summed E-state index contributed by atoms with van der Waals surface area (Å²) in [6.45, 7) is 12.1. The van der Waals surface area contributed by atoms with Gasteiger partial charge in [0, 0.05) is 32.7 Å². The van der Waals surface area contributed by atoms with E-state index in [0.29, 0.717) is 0 Å². The molecule has 1 aromatic rings. The lowest BCUT2D eigenvalue weighted by atomic mass is 10.2. The molecule has 4 N–H and O–H groups in total. The van der Waals surface area contributed by atoms with Gasteiger partial charge in [-0.2, -0.15) is 16.8 Å². The van der Waals surface area contributed by atoms with Crippen LogP contribution in [0.1, 0.15) is 19.8 Å². The van der Waals surface area contributed by atoms with Gasteiger partial charge in [-0.1, -0.05) is 31.6 Å². The summed E-state index contributed by atoms with van der Waals surface area (Å²) in [5.41, 5.74) is 1.24. The monoisotopic (exact) mass is 470 g/mol. The largest absolute Gasteiger partial charge is 0.491 e. The quantitative estimate of drug-likeness (QED) is 0.261. The van der Waals surface area contributed by atoms with E-state index in [2.05, 4.69) is 47.6 Å². The molecule has 13 heteroatoms. The molecule has 1 aliphatic rings. The minimum absolute atomic E-state index is 0.809. The van der Waals surface area contributed by atoms with E-state index in [0.717, 1.165) is 51.5 Å². The lowest BCUT2D eigenvalue weighted by Crippen LogP contribution is -2.46. The SMILES string of the molecule is C=CCN1CCN(c2ccccc2OCCCC)CC1.O=S(=O)(O)O.O=S(=O)(O)O.